The monoisotopic (exact) mass is 379 g/mol. The highest BCUT2D eigenvalue weighted by Gasteiger charge is 2.22. The van der Waals surface area contributed by atoms with Gasteiger partial charge >= 0.3 is 0 Å². The Hall–Kier alpha value is -2.77. The van der Waals surface area contributed by atoms with Crippen LogP contribution in [0.5, 0.6) is 0 Å². The number of anilines is 1. The molecule has 138 valence electrons. The number of amides is 1. The van der Waals surface area contributed by atoms with Crippen molar-refractivity contribution >= 4 is 34.4 Å². The molecule has 2 aromatic heterocycles. The first-order valence-corrected chi connectivity index (χ1v) is 9.84. The van der Waals surface area contributed by atoms with Gasteiger partial charge in [-0.3, -0.25) is 4.79 Å². The number of H-pyrrole nitrogens is 1. The second kappa shape index (κ2) is 7.85. The van der Waals surface area contributed by atoms with Crippen molar-refractivity contribution in [2.75, 3.05) is 23.7 Å². The molecule has 0 spiro atoms. The van der Waals surface area contributed by atoms with Gasteiger partial charge in [-0.25, -0.2) is 4.98 Å². The molecule has 1 atom stereocenters. The molecular weight excluding hydrogens is 358 g/mol. The van der Waals surface area contributed by atoms with E-state index >= 15 is 0 Å². The predicted octanol–water partition coefficient (Wildman–Crippen LogP) is 2.77. The molecule has 0 aliphatic carbocycles. The van der Waals surface area contributed by atoms with Crippen LogP contribution in [0.2, 0.25) is 0 Å². The van der Waals surface area contributed by atoms with Gasteiger partial charge in [0, 0.05) is 42.8 Å². The average molecular weight is 379 g/mol. The molecule has 1 aromatic carbocycles. The third-order valence-corrected chi connectivity index (χ3v) is 5.56. The summed E-state index contributed by atoms with van der Waals surface area (Å²) in [5.74, 6) is 0.745. The minimum absolute atomic E-state index is 0.0941. The number of hydrogen-bond donors (Lipinski definition) is 3. The number of nitrogens with two attached hydrogens (primary N) is 1. The molecule has 6 nitrogen and oxygen atoms in total. The summed E-state index contributed by atoms with van der Waals surface area (Å²) in [4.78, 5) is 23.1. The van der Waals surface area contributed by atoms with Gasteiger partial charge in [0.05, 0.1) is 16.6 Å². The van der Waals surface area contributed by atoms with Gasteiger partial charge in [0.15, 0.2) is 0 Å². The number of nitrogens with one attached hydrogen (secondary N) is 2. The number of carbonyl (C=O) groups excluding carboxylic acids is 1. The molecular formula is C20H21N5OS. The summed E-state index contributed by atoms with van der Waals surface area (Å²) < 4.78 is 0. The fourth-order valence-corrected chi connectivity index (χ4v) is 4.10. The van der Waals surface area contributed by atoms with Gasteiger partial charge in [-0.15, -0.1) is 11.8 Å². The minimum Gasteiger partial charge on any atom is -0.346 e. The number of benzene rings is 1. The van der Waals surface area contributed by atoms with Crippen LogP contribution in [0, 0.1) is 0 Å². The van der Waals surface area contributed by atoms with E-state index in [1.165, 1.54) is 0 Å². The van der Waals surface area contributed by atoms with Crippen LogP contribution in [0.15, 0.2) is 66.0 Å². The Kier molecular flexibility index (Phi) is 5.13. The number of carbonyl (C=O) groups is 1. The van der Waals surface area contributed by atoms with E-state index in [1.807, 2.05) is 54.9 Å². The van der Waals surface area contributed by atoms with Gasteiger partial charge in [0.2, 0.25) is 0 Å². The van der Waals surface area contributed by atoms with Crippen LogP contribution in [0.1, 0.15) is 11.6 Å². The van der Waals surface area contributed by atoms with Crippen molar-refractivity contribution in [3.8, 4) is 0 Å². The van der Waals surface area contributed by atoms with Crippen LogP contribution in [-0.4, -0.2) is 34.7 Å². The van der Waals surface area contributed by atoms with Crippen LogP contribution in [0.3, 0.4) is 0 Å². The molecule has 1 amide bonds. The number of pyridine rings is 1. The summed E-state index contributed by atoms with van der Waals surface area (Å²) in [6.45, 7) is 1.19. The van der Waals surface area contributed by atoms with Crippen molar-refractivity contribution in [1.82, 2.24) is 15.3 Å². The maximum Gasteiger partial charge on any atom is 0.259 e. The fourth-order valence-electron chi connectivity index (χ4n) is 3.20. The number of fused-ring (bicyclic) bond motifs is 1. The summed E-state index contributed by atoms with van der Waals surface area (Å²) in [7, 11) is 0. The first kappa shape index (κ1) is 17.6. The summed E-state index contributed by atoms with van der Waals surface area (Å²) in [5.41, 5.74) is 8.79. The summed E-state index contributed by atoms with van der Waals surface area (Å²) >= 11 is 1.57. The zero-order chi connectivity index (χ0) is 18.6. The van der Waals surface area contributed by atoms with Crippen LogP contribution in [0.25, 0.3) is 11.0 Å². The largest absolute Gasteiger partial charge is 0.346 e. The maximum absolute atomic E-state index is 12.8. The summed E-state index contributed by atoms with van der Waals surface area (Å²) in [6, 6.07) is 13.6. The predicted molar refractivity (Wildman–Crippen MR) is 110 cm³/mol. The topological polar surface area (TPSA) is 87.0 Å². The summed E-state index contributed by atoms with van der Waals surface area (Å²) in [5, 5.41) is 4.10. The molecule has 0 saturated carbocycles. The van der Waals surface area contributed by atoms with E-state index in [0.29, 0.717) is 11.4 Å². The van der Waals surface area contributed by atoms with Gasteiger partial charge < -0.3 is 20.9 Å². The Balaban J connectivity index is 1.56. The lowest BCUT2D eigenvalue weighted by molar-refractivity contribution is -0.117. The van der Waals surface area contributed by atoms with Crippen LogP contribution in [0.4, 0.5) is 5.69 Å². The Bertz CT molecular complexity index is 969. The van der Waals surface area contributed by atoms with Gasteiger partial charge in [0.25, 0.3) is 5.91 Å². The molecule has 0 fully saturated rings. The van der Waals surface area contributed by atoms with Crippen molar-refractivity contribution < 1.29 is 4.79 Å². The zero-order valence-electron chi connectivity index (χ0n) is 14.8. The number of aromatic amines is 1. The number of aromatic nitrogens is 2. The third-order valence-electron chi connectivity index (χ3n) is 4.58. The standard InChI is InChI=1S/C20H21N5OS/c21-12-16(14-4-2-1-3-5-14)24-20(26)18-13-25(10-11-27-18)17-7-9-23-19-15(17)6-8-22-19/h1-9,13,16H,10-12,21H2,(H,22,23)(H,24,26)/t16-/m0/s1. The lowest BCUT2D eigenvalue weighted by Gasteiger charge is -2.27. The third kappa shape index (κ3) is 3.70. The van der Waals surface area contributed by atoms with Crippen molar-refractivity contribution in [3.63, 3.8) is 0 Å². The second-order valence-corrected chi connectivity index (χ2v) is 7.41. The lowest BCUT2D eigenvalue weighted by atomic mass is 10.1. The molecule has 0 unspecified atom stereocenters. The highest BCUT2D eigenvalue weighted by Crippen LogP contribution is 2.30. The molecule has 0 bridgehead atoms. The molecule has 1 aliphatic heterocycles. The van der Waals surface area contributed by atoms with Crippen molar-refractivity contribution in [2.24, 2.45) is 5.73 Å². The van der Waals surface area contributed by atoms with E-state index < -0.39 is 0 Å². The molecule has 27 heavy (non-hydrogen) atoms. The molecule has 3 heterocycles. The first-order chi connectivity index (χ1) is 13.3. The Morgan fingerprint density at radius 2 is 2.15 bits per heavy atom. The van der Waals surface area contributed by atoms with Crippen molar-refractivity contribution in [2.45, 2.75) is 6.04 Å². The van der Waals surface area contributed by atoms with E-state index in [0.717, 1.165) is 34.6 Å². The maximum atomic E-state index is 12.8. The Morgan fingerprint density at radius 3 is 2.96 bits per heavy atom. The van der Waals surface area contributed by atoms with Gasteiger partial charge in [-0.05, 0) is 17.7 Å². The van der Waals surface area contributed by atoms with E-state index in [-0.39, 0.29) is 11.9 Å². The second-order valence-electron chi connectivity index (χ2n) is 6.28. The molecule has 1 aliphatic rings. The molecule has 4 N–H and O–H groups in total. The van der Waals surface area contributed by atoms with Crippen LogP contribution in [-0.2, 0) is 4.79 Å². The van der Waals surface area contributed by atoms with Gasteiger partial charge in [-0.1, -0.05) is 30.3 Å². The lowest BCUT2D eigenvalue weighted by Crippen LogP contribution is -2.35. The molecule has 7 heteroatoms. The molecule has 3 aromatic rings. The van der Waals surface area contributed by atoms with E-state index in [2.05, 4.69) is 20.2 Å². The number of thioether (sulfide) groups is 1. The van der Waals surface area contributed by atoms with Crippen molar-refractivity contribution in [1.29, 1.82) is 0 Å². The van der Waals surface area contributed by atoms with Crippen molar-refractivity contribution in [3.05, 3.63) is 71.5 Å². The molecule has 4 rings (SSSR count). The van der Waals surface area contributed by atoms with E-state index in [9.17, 15) is 4.79 Å². The number of hydrogen-bond acceptors (Lipinski definition) is 5. The fraction of sp³-hybridized carbons (Fsp3) is 0.200. The zero-order valence-corrected chi connectivity index (χ0v) is 15.6. The van der Waals surface area contributed by atoms with E-state index in [1.54, 1.807) is 18.0 Å². The average Bonchev–Trinajstić information content (AvgIpc) is 3.21. The SMILES string of the molecule is NC[C@H](NC(=O)C1=CN(c2ccnc3[nH]ccc23)CCS1)c1ccccc1. The smallest absolute Gasteiger partial charge is 0.259 e. The number of rotatable bonds is 5. The molecule has 0 saturated heterocycles. The van der Waals surface area contributed by atoms with Crippen LogP contribution < -0.4 is 16.0 Å². The minimum atomic E-state index is -0.201. The highest BCUT2D eigenvalue weighted by molar-refractivity contribution is 8.04. The highest BCUT2D eigenvalue weighted by atomic mass is 32.2. The van der Waals surface area contributed by atoms with E-state index in [4.69, 9.17) is 5.73 Å². The quantitative estimate of drug-likeness (QED) is 0.635. The van der Waals surface area contributed by atoms with Gasteiger partial charge in [0.1, 0.15) is 5.65 Å². The number of nitrogens with zero attached hydrogens (tertiary/aromatic N) is 2. The Labute approximate surface area is 161 Å². The molecule has 0 radical (unpaired) electrons. The summed E-state index contributed by atoms with van der Waals surface area (Å²) in [6.07, 6.45) is 5.58. The van der Waals surface area contributed by atoms with Gasteiger partial charge in [-0.2, -0.15) is 0 Å². The first-order valence-electron chi connectivity index (χ1n) is 8.85. The normalized spacial score (nSPS) is 15.4. The van der Waals surface area contributed by atoms with Crippen LogP contribution >= 0.6 is 11.8 Å². The Morgan fingerprint density at radius 1 is 1.30 bits per heavy atom.